The van der Waals surface area contributed by atoms with E-state index in [1.165, 1.54) is 0 Å². The Kier molecular flexibility index (Phi) is 2.44. The highest BCUT2D eigenvalue weighted by Gasteiger charge is 2.20. The van der Waals surface area contributed by atoms with Crippen LogP contribution < -0.4 is 5.48 Å². The predicted octanol–water partition coefficient (Wildman–Crippen LogP) is 1.53. The van der Waals surface area contributed by atoms with Gasteiger partial charge in [-0.3, -0.25) is 10.7 Å². The zero-order valence-electron chi connectivity index (χ0n) is 7.06. The molecule has 1 aromatic carbocycles. The molecule has 2 rings (SSSR count). The third-order valence-electron chi connectivity index (χ3n) is 1.96. The molecule has 1 fully saturated rings. The summed E-state index contributed by atoms with van der Waals surface area (Å²) in [7, 11) is 0. The summed E-state index contributed by atoms with van der Waals surface area (Å²) in [5.41, 5.74) is 3.55. The lowest BCUT2D eigenvalue weighted by molar-refractivity contribution is -0.0438. The fourth-order valence-corrected chi connectivity index (χ4v) is 1.34. The van der Waals surface area contributed by atoms with E-state index in [4.69, 9.17) is 14.7 Å². The van der Waals surface area contributed by atoms with Crippen molar-refractivity contribution in [1.82, 2.24) is 0 Å². The molecule has 1 heterocycles. The fraction of sp³-hybridized carbons (Fsp3) is 0.333. The minimum atomic E-state index is -0.351. The van der Waals surface area contributed by atoms with Gasteiger partial charge in [-0.05, 0) is 6.07 Å². The molecule has 0 bridgehead atoms. The van der Waals surface area contributed by atoms with E-state index in [0.717, 1.165) is 5.56 Å². The van der Waals surface area contributed by atoms with Gasteiger partial charge in [0, 0.05) is 5.56 Å². The highest BCUT2D eigenvalue weighted by molar-refractivity contribution is 5.49. The molecular formula is C9H11NO3. The average Bonchev–Trinajstić information content (AvgIpc) is 2.70. The second kappa shape index (κ2) is 3.74. The fourth-order valence-electron chi connectivity index (χ4n) is 1.34. The Morgan fingerprint density at radius 3 is 2.62 bits per heavy atom. The number of hydrogen-bond acceptors (Lipinski definition) is 4. The van der Waals surface area contributed by atoms with Crippen LogP contribution >= 0.6 is 0 Å². The number of anilines is 1. The van der Waals surface area contributed by atoms with Crippen LogP contribution in [0.2, 0.25) is 0 Å². The first-order valence-electron chi connectivity index (χ1n) is 4.14. The van der Waals surface area contributed by atoms with Gasteiger partial charge >= 0.3 is 0 Å². The molecule has 0 aliphatic carbocycles. The molecule has 0 radical (unpaired) electrons. The Bertz CT molecular complexity index is 284. The predicted molar refractivity (Wildman–Crippen MR) is 46.5 cm³/mol. The van der Waals surface area contributed by atoms with Crippen LogP contribution in [0, 0.1) is 0 Å². The first-order chi connectivity index (χ1) is 6.42. The van der Waals surface area contributed by atoms with Gasteiger partial charge < -0.3 is 9.47 Å². The van der Waals surface area contributed by atoms with Crippen LogP contribution in [0.15, 0.2) is 24.3 Å². The molecule has 0 amide bonds. The lowest BCUT2D eigenvalue weighted by Gasteiger charge is -2.12. The summed E-state index contributed by atoms with van der Waals surface area (Å²) in [5, 5.41) is 8.82. The normalized spacial score (nSPS) is 17.6. The molecule has 0 spiro atoms. The molecule has 0 saturated carbocycles. The molecular weight excluding hydrogens is 170 g/mol. The minimum absolute atomic E-state index is 0.351. The Morgan fingerprint density at radius 2 is 1.92 bits per heavy atom. The van der Waals surface area contributed by atoms with Crippen molar-refractivity contribution in [3.05, 3.63) is 29.8 Å². The summed E-state index contributed by atoms with van der Waals surface area (Å²) in [6, 6.07) is 7.33. The van der Waals surface area contributed by atoms with Crippen LogP contribution in [-0.4, -0.2) is 18.4 Å². The van der Waals surface area contributed by atoms with E-state index in [0.29, 0.717) is 18.9 Å². The van der Waals surface area contributed by atoms with Gasteiger partial charge in [0.15, 0.2) is 6.29 Å². The third kappa shape index (κ3) is 1.65. The topological polar surface area (TPSA) is 50.7 Å². The van der Waals surface area contributed by atoms with E-state index < -0.39 is 0 Å². The maximum absolute atomic E-state index is 8.82. The van der Waals surface area contributed by atoms with Gasteiger partial charge in [-0.15, -0.1) is 0 Å². The number of benzene rings is 1. The van der Waals surface area contributed by atoms with E-state index >= 15 is 0 Å². The summed E-state index contributed by atoms with van der Waals surface area (Å²) in [4.78, 5) is 0. The highest BCUT2D eigenvalue weighted by atomic mass is 16.7. The van der Waals surface area contributed by atoms with Gasteiger partial charge in [-0.25, -0.2) is 0 Å². The van der Waals surface area contributed by atoms with Crippen molar-refractivity contribution in [3.63, 3.8) is 0 Å². The van der Waals surface area contributed by atoms with Gasteiger partial charge in [-0.2, -0.15) is 0 Å². The summed E-state index contributed by atoms with van der Waals surface area (Å²) in [6.07, 6.45) is -0.351. The molecule has 1 aliphatic rings. The maximum atomic E-state index is 8.82. The first kappa shape index (κ1) is 8.50. The number of para-hydroxylation sites is 1. The number of nitrogens with one attached hydrogen (secondary N) is 1. The van der Waals surface area contributed by atoms with Gasteiger partial charge in [-0.1, -0.05) is 18.2 Å². The number of hydrogen-bond donors (Lipinski definition) is 2. The lowest BCUT2D eigenvalue weighted by atomic mass is 10.2. The van der Waals surface area contributed by atoms with Crippen molar-refractivity contribution in [1.29, 1.82) is 0 Å². The van der Waals surface area contributed by atoms with Crippen LogP contribution in [-0.2, 0) is 9.47 Å². The van der Waals surface area contributed by atoms with Crippen LogP contribution in [0.4, 0.5) is 5.69 Å². The van der Waals surface area contributed by atoms with Crippen molar-refractivity contribution in [2.45, 2.75) is 6.29 Å². The van der Waals surface area contributed by atoms with Crippen molar-refractivity contribution < 1.29 is 14.7 Å². The standard InChI is InChI=1S/C9H11NO3/c11-10-8-4-2-1-3-7(8)9-12-5-6-13-9/h1-4,9-11H,5-6H2. The minimum Gasteiger partial charge on any atom is -0.346 e. The molecule has 0 atom stereocenters. The Hall–Kier alpha value is -1.10. The van der Waals surface area contributed by atoms with Crippen molar-refractivity contribution in [3.8, 4) is 0 Å². The highest BCUT2D eigenvalue weighted by Crippen LogP contribution is 2.28. The molecule has 13 heavy (non-hydrogen) atoms. The van der Waals surface area contributed by atoms with Crippen LogP contribution in [0.1, 0.15) is 11.9 Å². The molecule has 0 unspecified atom stereocenters. The molecule has 4 nitrogen and oxygen atoms in total. The van der Waals surface area contributed by atoms with Gasteiger partial charge in [0.2, 0.25) is 0 Å². The van der Waals surface area contributed by atoms with Gasteiger partial charge in [0.1, 0.15) is 0 Å². The maximum Gasteiger partial charge on any atom is 0.186 e. The monoisotopic (exact) mass is 181 g/mol. The van der Waals surface area contributed by atoms with Crippen molar-refractivity contribution in [2.24, 2.45) is 0 Å². The second-order valence-corrected chi connectivity index (χ2v) is 2.77. The summed E-state index contributed by atoms with van der Waals surface area (Å²) >= 11 is 0. The Morgan fingerprint density at radius 1 is 1.23 bits per heavy atom. The van der Waals surface area contributed by atoms with Crippen LogP contribution in [0.3, 0.4) is 0 Å². The zero-order chi connectivity index (χ0) is 9.10. The molecule has 0 aromatic heterocycles. The van der Waals surface area contributed by atoms with Crippen molar-refractivity contribution >= 4 is 5.69 Å². The Balaban J connectivity index is 2.26. The van der Waals surface area contributed by atoms with E-state index in [1.807, 2.05) is 18.2 Å². The first-order valence-corrected chi connectivity index (χ1v) is 4.14. The van der Waals surface area contributed by atoms with E-state index in [9.17, 15) is 0 Å². The molecule has 70 valence electrons. The molecule has 1 saturated heterocycles. The van der Waals surface area contributed by atoms with E-state index in [1.54, 1.807) is 6.07 Å². The second-order valence-electron chi connectivity index (χ2n) is 2.77. The van der Waals surface area contributed by atoms with Crippen molar-refractivity contribution in [2.75, 3.05) is 18.7 Å². The van der Waals surface area contributed by atoms with Crippen LogP contribution in [0.5, 0.6) is 0 Å². The average molecular weight is 181 g/mol. The molecule has 1 aromatic rings. The number of ether oxygens (including phenoxy) is 2. The lowest BCUT2D eigenvalue weighted by Crippen LogP contribution is -2.02. The summed E-state index contributed by atoms with van der Waals surface area (Å²) in [5.74, 6) is 0. The van der Waals surface area contributed by atoms with Crippen LogP contribution in [0.25, 0.3) is 0 Å². The number of rotatable bonds is 2. The zero-order valence-corrected chi connectivity index (χ0v) is 7.06. The summed E-state index contributed by atoms with van der Waals surface area (Å²) < 4.78 is 10.6. The van der Waals surface area contributed by atoms with E-state index in [-0.39, 0.29) is 6.29 Å². The van der Waals surface area contributed by atoms with E-state index in [2.05, 4.69) is 5.48 Å². The molecule has 2 N–H and O–H groups in total. The Labute approximate surface area is 76.0 Å². The summed E-state index contributed by atoms with van der Waals surface area (Å²) in [6.45, 7) is 1.20. The molecule has 1 aliphatic heterocycles. The largest absolute Gasteiger partial charge is 0.346 e. The SMILES string of the molecule is ONc1ccccc1C1OCCO1. The van der Waals surface area contributed by atoms with Gasteiger partial charge in [0.25, 0.3) is 0 Å². The quantitative estimate of drug-likeness (QED) is 0.679. The molecule has 4 heteroatoms. The van der Waals surface area contributed by atoms with Gasteiger partial charge in [0.05, 0.1) is 18.9 Å². The third-order valence-corrected chi connectivity index (χ3v) is 1.96. The smallest absolute Gasteiger partial charge is 0.186 e.